The predicted molar refractivity (Wildman–Crippen MR) is 80.8 cm³/mol. The summed E-state index contributed by atoms with van der Waals surface area (Å²) in [7, 11) is 4.40. The van der Waals surface area contributed by atoms with E-state index in [9.17, 15) is 0 Å². The first-order chi connectivity index (χ1) is 8.69. The number of nitrogens with zero attached hydrogens (tertiary/aromatic N) is 1. The molecular formula is C17H29N. The number of rotatable bonds is 8. The summed E-state index contributed by atoms with van der Waals surface area (Å²) in [6.45, 7) is 4.62. The van der Waals surface area contributed by atoms with Gasteiger partial charge in [-0.3, -0.25) is 0 Å². The molecule has 0 aliphatic carbocycles. The van der Waals surface area contributed by atoms with Gasteiger partial charge in [0.05, 0.1) is 0 Å². The zero-order chi connectivity index (χ0) is 13.4. The lowest BCUT2D eigenvalue weighted by Gasteiger charge is -2.28. The number of benzene rings is 1. The van der Waals surface area contributed by atoms with Gasteiger partial charge in [0.1, 0.15) is 0 Å². The average Bonchev–Trinajstić information content (AvgIpc) is 2.39. The largest absolute Gasteiger partial charge is 0.302 e. The van der Waals surface area contributed by atoms with Gasteiger partial charge in [0.15, 0.2) is 0 Å². The van der Waals surface area contributed by atoms with Crippen molar-refractivity contribution in [2.45, 2.75) is 52.0 Å². The monoisotopic (exact) mass is 247 g/mol. The fourth-order valence-corrected chi connectivity index (χ4v) is 2.62. The van der Waals surface area contributed by atoms with Crippen LogP contribution < -0.4 is 0 Å². The van der Waals surface area contributed by atoms with Crippen LogP contribution in [-0.4, -0.2) is 19.0 Å². The van der Waals surface area contributed by atoms with Crippen LogP contribution in [0, 0.1) is 5.92 Å². The van der Waals surface area contributed by atoms with Crippen molar-refractivity contribution in [3.05, 3.63) is 35.9 Å². The van der Waals surface area contributed by atoms with Crippen LogP contribution in [0.1, 0.15) is 57.6 Å². The molecular weight excluding hydrogens is 218 g/mol. The predicted octanol–water partition coefficient (Wildman–Crippen LogP) is 4.90. The minimum atomic E-state index is 0.563. The summed E-state index contributed by atoms with van der Waals surface area (Å²) in [6, 6.07) is 11.5. The molecule has 102 valence electrons. The van der Waals surface area contributed by atoms with Gasteiger partial charge in [-0.1, -0.05) is 69.9 Å². The zero-order valence-corrected chi connectivity index (χ0v) is 12.5. The fraction of sp³-hybridized carbons (Fsp3) is 0.647. The van der Waals surface area contributed by atoms with E-state index >= 15 is 0 Å². The molecule has 0 saturated heterocycles. The molecule has 0 radical (unpaired) electrons. The molecule has 0 aromatic heterocycles. The van der Waals surface area contributed by atoms with Gasteiger partial charge in [0.2, 0.25) is 0 Å². The van der Waals surface area contributed by atoms with Crippen molar-refractivity contribution in [3.63, 3.8) is 0 Å². The van der Waals surface area contributed by atoms with Crippen LogP contribution in [-0.2, 0) is 0 Å². The summed E-state index contributed by atoms with van der Waals surface area (Å²) in [5.74, 6) is 0.859. The van der Waals surface area contributed by atoms with Gasteiger partial charge in [-0.05, 0) is 32.0 Å². The topological polar surface area (TPSA) is 3.24 Å². The van der Waals surface area contributed by atoms with Gasteiger partial charge in [-0.2, -0.15) is 0 Å². The quantitative estimate of drug-likeness (QED) is 0.632. The van der Waals surface area contributed by atoms with Gasteiger partial charge in [-0.25, -0.2) is 0 Å². The van der Waals surface area contributed by atoms with Gasteiger partial charge in [0.25, 0.3) is 0 Å². The molecule has 2 atom stereocenters. The zero-order valence-electron chi connectivity index (χ0n) is 12.5. The van der Waals surface area contributed by atoms with Crippen LogP contribution in [0.15, 0.2) is 30.3 Å². The Hall–Kier alpha value is -0.820. The smallest absolute Gasteiger partial charge is 0.0344 e. The average molecular weight is 247 g/mol. The molecule has 0 heterocycles. The Morgan fingerprint density at radius 1 is 1.06 bits per heavy atom. The van der Waals surface area contributed by atoms with E-state index in [2.05, 4.69) is 63.2 Å². The minimum absolute atomic E-state index is 0.563. The van der Waals surface area contributed by atoms with Crippen molar-refractivity contribution in [2.24, 2.45) is 5.92 Å². The van der Waals surface area contributed by atoms with Crippen LogP contribution in [0.5, 0.6) is 0 Å². The molecule has 0 N–H and O–H groups in total. The van der Waals surface area contributed by atoms with E-state index in [1.54, 1.807) is 0 Å². The molecule has 1 rings (SSSR count). The summed E-state index contributed by atoms with van der Waals surface area (Å²) in [4.78, 5) is 2.37. The van der Waals surface area contributed by atoms with E-state index < -0.39 is 0 Å². The summed E-state index contributed by atoms with van der Waals surface area (Å²) < 4.78 is 0. The highest BCUT2D eigenvalue weighted by molar-refractivity contribution is 5.18. The van der Waals surface area contributed by atoms with E-state index in [0.29, 0.717) is 6.04 Å². The van der Waals surface area contributed by atoms with Gasteiger partial charge in [-0.15, -0.1) is 0 Å². The van der Waals surface area contributed by atoms with E-state index in [4.69, 9.17) is 0 Å². The highest BCUT2D eigenvalue weighted by Crippen LogP contribution is 2.29. The molecule has 0 aliphatic heterocycles. The van der Waals surface area contributed by atoms with Crippen LogP contribution in [0.3, 0.4) is 0 Å². The Morgan fingerprint density at radius 3 is 2.22 bits per heavy atom. The van der Waals surface area contributed by atoms with Crippen molar-refractivity contribution in [3.8, 4) is 0 Å². The summed E-state index contributed by atoms with van der Waals surface area (Å²) in [5.41, 5.74) is 1.46. The number of hydrogen-bond acceptors (Lipinski definition) is 1. The Labute approximate surface area is 113 Å². The molecule has 1 nitrogen and oxygen atoms in total. The van der Waals surface area contributed by atoms with E-state index in [0.717, 1.165) is 5.92 Å². The van der Waals surface area contributed by atoms with Crippen LogP contribution in [0.2, 0.25) is 0 Å². The highest BCUT2D eigenvalue weighted by Gasteiger charge is 2.18. The van der Waals surface area contributed by atoms with Crippen LogP contribution >= 0.6 is 0 Å². The van der Waals surface area contributed by atoms with Gasteiger partial charge < -0.3 is 4.90 Å². The van der Waals surface area contributed by atoms with E-state index in [1.807, 2.05) is 0 Å². The molecule has 2 unspecified atom stereocenters. The lowest BCUT2D eigenvalue weighted by molar-refractivity contribution is 0.236. The lowest BCUT2D eigenvalue weighted by Crippen LogP contribution is -2.22. The number of hydrogen-bond donors (Lipinski definition) is 0. The molecule has 1 heteroatoms. The van der Waals surface area contributed by atoms with Crippen molar-refractivity contribution < 1.29 is 0 Å². The third kappa shape index (κ3) is 4.81. The molecule has 0 aliphatic rings. The van der Waals surface area contributed by atoms with Crippen LogP contribution in [0.25, 0.3) is 0 Å². The van der Waals surface area contributed by atoms with Gasteiger partial charge in [0, 0.05) is 6.04 Å². The first-order valence-electron chi connectivity index (χ1n) is 7.40. The van der Waals surface area contributed by atoms with Crippen molar-refractivity contribution in [1.29, 1.82) is 0 Å². The second-order valence-electron chi connectivity index (χ2n) is 5.54. The second kappa shape index (κ2) is 8.31. The molecule has 1 aromatic rings. The SMILES string of the molecule is CCCCC(CC)CC(c1ccccc1)N(C)C. The maximum absolute atomic E-state index is 2.37. The Bertz CT molecular complexity index is 305. The third-order valence-electron chi connectivity index (χ3n) is 3.91. The molecule has 18 heavy (non-hydrogen) atoms. The first-order valence-corrected chi connectivity index (χ1v) is 7.40. The normalized spacial score (nSPS) is 14.7. The lowest BCUT2D eigenvalue weighted by atomic mass is 9.89. The van der Waals surface area contributed by atoms with Crippen molar-refractivity contribution in [1.82, 2.24) is 4.90 Å². The Morgan fingerprint density at radius 2 is 1.72 bits per heavy atom. The number of unbranched alkanes of at least 4 members (excludes halogenated alkanes) is 1. The molecule has 0 fully saturated rings. The van der Waals surface area contributed by atoms with Crippen LogP contribution in [0.4, 0.5) is 0 Å². The molecule has 1 aromatic carbocycles. The maximum Gasteiger partial charge on any atom is 0.0344 e. The van der Waals surface area contributed by atoms with Crippen molar-refractivity contribution >= 4 is 0 Å². The molecule has 0 amide bonds. The summed E-state index contributed by atoms with van der Waals surface area (Å²) >= 11 is 0. The molecule has 0 bridgehead atoms. The maximum atomic E-state index is 2.37. The second-order valence-corrected chi connectivity index (χ2v) is 5.54. The summed E-state index contributed by atoms with van der Waals surface area (Å²) in [5, 5.41) is 0. The fourth-order valence-electron chi connectivity index (χ4n) is 2.62. The minimum Gasteiger partial charge on any atom is -0.302 e. The highest BCUT2D eigenvalue weighted by atomic mass is 15.1. The summed E-state index contributed by atoms with van der Waals surface area (Å²) in [6.07, 6.45) is 6.65. The van der Waals surface area contributed by atoms with E-state index in [1.165, 1.54) is 37.7 Å². The van der Waals surface area contributed by atoms with Crippen molar-refractivity contribution in [2.75, 3.05) is 14.1 Å². The molecule has 0 saturated carbocycles. The Kier molecular flexibility index (Phi) is 7.04. The first kappa shape index (κ1) is 15.2. The van der Waals surface area contributed by atoms with Gasteiger partial charge >= 0.3 is 0 Å². The van der Waals surface area contributed by atoms with E-state index in [-0.39, 0.29) is 0 Å². The Balaban J connectivity index is 2.68. The molecule has 0 spiro atoms. The standard InChI is InChI=1S/C17H29N/c1-5-7-11-15(6-2)14-17(18(3)4)16-12-9-8-10-13-16/h8-10,12-13,15,17H,5-7,11,14H2,1-4H3. The third-order valence-corrected chi connectivity index (χ3v) is 3.91.